The number of nitrogen functional groups attached to an aromatic ring is 1. The number of rotatable bonds is 9. The fraction of sp³-hybridized carbons (Fsp3) is 0.438. The van der Waals surface area contributed by atoms with E-state index in [1.54, 1.807) is 18.2 Å². The number of ether oxygens (including phenoxy) is 1. The Morgan fingerprint density at radius 2 is 1.85 bits per heavy atom. The van der Waals surface area contributed by atoms with E-state index in [4.69, 9.17) is 27.5 Å². The monoisotopic (exact) mass is 561 g/mol. The number of nitrogens with one attached hydrogen (secondary N) is 2. The minimum Gasteiger partial charge on any atom is -0.398 e. The van der Waals surface area contributed by atoms with Crippen molar-refractivity contribution in [3.8, 4) is 0 Å². The van der Waals surface area contributed by atoms with Crippen molar-refractivity contribution in [1.82, 2.24) is 15.1 Å². The highest BCUT2D eigenvalue weighted by atomic mass is 35.5. The Morgan fingerprint density at radius 1 is 1.10 bits per heavy atom. The van der Waals surface area contributed by atoms with Gasteiger partial charge in [-0.3, -0.25) is 15.1 Å². The molecule has 5 rings (SSSR count). The number of allylic oxidation sites excluding steroid dienone is 4. The van der Waals surface area contributed by atoms with Crippen LogP contribution in [0.3, 0.4) is 0 Å². The quantitative estimate of drug-likeness (QED) is 0.280. The van der Waals surface area contributed by atoms with Gasteiger partial charge in [0.25, 0.3) is 5.91 Å². The van der Waals surface area contributed by atoms with Crippen molar-refractivity contribution in [2.24, 2.45) is 5.92 Å². The Hall–Kier alpha value is -3.13. The second-order valence-electron chi connectivity index (χ2n) is 11.4. The van der Waals surface area contributed by atoms with Crippen LogP contribution in [0.2, 0.25) is 5.02 Å². The van der Waals surface area contributed by atoms with Crippen molar-refractivity contribution < 1.29 is 9.53 Å². The van der Waals surface area contributed by atoms with Crippen LogP contribution < -0.4 is 11.1 Å². The maximum atomic E-state index is 13.4. The van der Waals surface area contributed by atoms with Crippen molar-refractivity contribution in [2.45, 2.75) is 45.2 Å². The van der Waals surface area contributed by atoms with Crippen LogP contribution in [0.5, 0.6) is 0 Å². The smallest absolute Gasteiger partial charge is 0.251 e. The summed E-state index contributed by atoms with van der Waals surface area (Å²) in [5.41, 5.74) is 11.4. The van der Waals surface area contributed by atoms with E-state index in [0.29, 0.717) is 39.5 Å². The number of piperazine rings is 1. The van der Waals surface area contributed by atoms with E-state index in [-0.39, 0.29) is 11.9 Å². The van der Waals surface area contributed by atoms with E-state index in [1.165, 1.54) is 5.70 Å². The maximum absolute atomic E-state index is 13.4. The average Bonchev–Trinajstić information content (AvgIpc) is 2.92. The number of nitrogens with zero attached hydrogens (tertiary/aromatic N) is 2. The van der Waals surface area contributed by atoms with Crippen molar-refractivity contribution in [1.29, 1.82) is 5.41 Å². The molecule has 0 saturated carbocycles. The molecular weight excluding hydrogens is 522 g/mol. The molecule has 2 fully saturated rings. The molecule has 1 unspecified atom stereocenters. The highest BCUT2D eigenvalue weighted by molar-refractivity contribution is 6.31. The summed E-state index contributed by atoms with van der Waals surface area (Å²) in [5.74, 6) is 0.168. The number of carbonyl (C=O) groups excluding carboxylic acids is 1. The van der Waals surface area contributed by atoms with Crippen LogP contribution in [0.1, 0.15) is 60.6 Å². The number of benzene rings is 2. The lowest BCUT2D eigenvalue weighted by Crippen LogP contribution is -2.56. The average molecular weight is 562 g/mol. The van der Waals surface area contributed by atoms with Gasteiger partial charge in [0.15, 0.2) is 0 Å². The van der Waals surface area contributed by atoms with Crippen LogP contribution in [0.25, 0.3) is 0 Å². The van der Waals surface area contributed by atoms with Gasteiger partial charge in [0, 0.05) is 53.7 Å². The molecule has 2 aliphatic heterocycles. The first kappa shape index (κ1) is 28.4. The Kier molecular flexibility index (Phi) is 8.94. The predicted octanol–water partition coefficient (Wildman–Crippen LogP) is 5.43. The third-order valence-corrected chi connectivity index (χ3v) is 8.53. The van der Waals surface area contributed by atoms with Gasteiger partial charge in [-0.2, -0.15) is 0 Å². The first-order valence-electron chi connectivity index (χ1n) is 14.3. The van der Waals surface area contributed by atoms with Gasteiger partial charge < -0.3 is 20.7 Å². The number of halogens is 1. The van der Waals surface area contributed by atoms with Crippen LogP contribution in [-0.2, 0) is 4.74 Å². The van der Waals surface area contributed by atoms with Gasteiger partial charge in [-0.15, -0.1) is 0 Å². The molecule has 2 aromatic rings. The van der Waals surface area contributed by atoms with Gasteiger partial charge in [0.05, 0.1) is 31.0 Å². The molecule has 0 aromatic heterocycles. The second kappa shape index (κ2) is 12.6. The molecule has 212 valence electrons. The first-order valence-corrected chi connectivity index (χ1v) is 14.7. The summed E-state index contributed by atoms with van der Waals surface area (Å²) >= 11 is 6.48. The third-order valence-electron chi connectivity index (χ3n) is 8.18. The second-order valence-corrected chi connectivity index (χ2v) is 11.8. The lowest BCUT2D eigenvalue weighted by molar-refractivity contribution is -0.0748. The van der Waals surface area contributed by atoms with E-state index < -0.39 is 0 Å². The Morgan fingerprint density at radius 3 is 2.48 bits per heavy atom. The van der Waals surface area contributed by atoms with Crippen LogP contribution in [0.15, 0.2) is 65.9 Å². The van der Waals surface area contributed by atoms with Crippen LogP contribution in [-0.4, -0.2) is 66.9 Å². The topological polar surface area (TPSA) is 94.7 Å². The van der Waals surface area contributed by atoms with Gasteiger partial charge in [-0.05, 0) is 66.7 Å². The largest absolute Gasteiger partial charge is 0.398 e. The fourth-order valence-corrected chi connectivity index (χ4v) is 6.00. The number of hydrogen-bond donors (Lipinski definition) is 3. The normalized spacial score (nSPS) is 19.1. The summed E-state index contributed by atoms with van der Waals surface area (Å²) < 4.78 is 5.35. The Labute approximate surface area is 242 Å². The minimum absolute atomic E-state index is 0.202. The van der Waals surface area contributed by atoms with Gasteiger partial charge in [0.1, 0.15) is 0 Å². The van der Waals surface area contributed by atoms with Crippen LogP contribution in [0.4, 0.5) is 5.69 Å². The molecule has 8 heteroatoms. The van der Waals surface area contributed by atoms with E-state index in [0.717, 1.165) is 69.8 Å². The van der Waals surface area contributed by atoms with Gasteiger partial charge in [-0.1, -0.05) is 49.7 Å². The van der Waals surface area contributed by atoms with Crippen molar-refractivity contribution in [3.63, 3.8) is 0 Å². The molecule has 1 aliphatic carbocycles. The lowest BCUT2D eigenvalue weighted by atomic mass is 9.91. The fourth-order valence-electron chi connectivity index (χ4n) is 5.73. The summed E-state index contributed by atoms with van der Waals surface area (Å²) in [7, 11) is 0. The van der Waals surface area contributed by atoms with Gasteiger partial charge in [0.2, 0.25) is 0 Å². The summed E-state index contributed by atoms with van der Waals surface area (Å²) in [4.78, 5) is 18.4. The summed E-state index contributed by atoms with van der Waals surface area (Å²) in [6.45, 7) is 10.2. The van der Waals surface area contributed by atoms with Crippen LogP contribution in [0, 0.1) is 11.3 Å². The molecule has 2 saturated heterocycles. The van der Waals surface area contributed by atoms with Crippen molar-refractivity contribution in [3.05, 3.63) is 87.6 Å². The van der Waals surface area contributed by atoms with E-state index in [2.05, 4.69) is 41.1 Å². The molecule has 2 aromatic carbocycles. The number of carbonyl (C=O) groups is 1. The molecule has 3 aliphatic rings. The number of amides is 1. The minimum atomic E-state index is -0.213. The summed E-state index contributed by atoms with van der Waals surface area (Å²) in [5, 5.41) is 12.8. The number of nitrogens with two attached hydrogens (primary N) is 1. The maximum Gasteiger partial charge on any atom is 0.251 e. The third kappa shape index (κ3) is 6.43. The zero-order valence-electron chi connectivity index (χ0n) is 23.5. The highest BCUT2D eigenvalue weighted by Crippen LogP contribution is 2.30. The van der Waals surface area contributed by atoms with Crippen molar-refractivity contribution in [2.75, 3.05) is 45.1 Å². The van der Waals surface area contributed by atoms with Gasteiger partial charge in [-0.25, -0.2) is 0 Å². The highest BCUT2D eigenvalue weighted by Gasteiger charge is 2.30. The molecule has 1 amide bonds. The Bertz CT molecular complexity index is 1310. The van der Waals surface area contributed by atoms with Gasteiger partial charge >= 0.3 is 0 Å². The zero-order chi connectivity index (χ0) is 28.2. The lowest BCUT2D eigenvalue weighted by Gasteiger charge is -2.44. The SMILES string of the molecule is CC(C)CC(NC(=O)c1ccc(N)c(C(=N)C2=CC=C(N3CCN(C4COC4)CC3)CC2)c1)c1ccccc1Cl. The Balaban J connectivity index is 1.27. The van der Waals surface area contributed by atoms with Crippen molar-refractivity contribution >= 4 is 28.9 Å². The summed E-state index contributed by atoms with van der Waals surface area (Å²) in [6.07, 6.45) is 6.65. The molecule has 4 N–H and O–H groups in total. The summed E-state index contributed by atoms with van der Waals surface area (Å²) in [6, 6.07) is 13.2. The van der Waals surface area contributed by atoms with E-state index in [1.807, 2.05) is 24.3 Å². The predicted molar refractivity (Wildman–Crippen MR) is 162 cm³/mol. The number of anilines is 1. The number of hydrogen-bond acceptors (Lipinski definition) is 6. The molecule has 40 heavy (non-hydrogen) atoms. The molecule has 0 spiro atoms. The molecule has 1 atom stereocenters. The van der Waals surface area contributed by atoms with E-state index >= 15 is 0 Å². The standard InChI is InChI=1S/C32H40ClN5O2/c1-21(2)17-30(26-5-3-4-6-28(26)33)36-32(39)23-9-12-29(34)27(18-23)31(35)22-7-10-24(11-8-22)37-13-15-38(16-14-37)25-19-40-20-25/h3-7,9-10,12,18,21,25,30,35H,8,11,13-17,19-20,34H2,1-2H3,(H,36,39). The molecule has 7 nitrogen and oxygen atoms in total. The van der Waals surface area contributed by atoms with Crippen LogP contribution >= 0.6 is 11.6 Å². The first-order chi connectivity index (χ1) is 19.3. The molecule has 0 bridgehead atoms. The molecule has 0 radical (unpaired) electrons. The molecule has 2 heterocycles. The zero-order valence-corrected chi connectivity index (χ0v) is 24.2. The molecular formula is C32H40ClN5O2. The van der Waals surface area contributed by atoms with E-state index in [9.17, 15) is 4.79 Å².